The molecule has 0 radical (unpaired) electrons. The number of aromatic nitrogens is 2. The summed E-state index contributed by atoms with van der Waals surface area (Å²) < 4.78 is 5.56. The lowest BCUT2D eigenvalue weighted by atomic mass is 10.2. The van der Waals surface area contributed by atoms with Crippen LogP contribution in [0.15, 0.2) is 30.5 Å². The summed E-state index contributed by atoms with van der Waals surface area (Å²) >= 11 is 6.01. The van der Waals surface area contributed by atoms with Crippen molar-refractivity contribution < 1.29 is 4.74 Å². The van der Waals surface area contributed by atoms with Crippen molar-refractivity contribution in [2.45, 2.75) is 19.9 Å². The molecule has 1 atom stereocenters. The number of hydrogen-bond acceptors (Lipinski definition) is 3. The van der Waals surface area contributed by atoms with Crippen LogP contribution in [0.25, 0.3) is 0 Å². The number of ether oxygens (including phenoxy) is 1. The van der Waals surface area contributed by atoms with Crippen molar-refractivity contribution in [3.8, 4) is 5.75 Å². The third-order valence-corrected chi connectivity index (χ3v) is 2.84. The number of nitrogens with zero attached hydrogens (tertiary/aromatic N) is 1. The summed E-state index contributed by atoms with van der Waals surface area (Å²) in [6.45, 7) is 4.62. The van der Waals surface area contributed by atoms with Gasteiger partial charge in [-0.05, 0) is 38.1 Å². The summed E-state index contributed by atoms with van der Waals surface area (Å²) in [6.07, 6.45) is 1.73. The predicted molar refractivity (Wildman–Crippen MR) is 73.2 cm³/mol. The summed E-state index contributed by atoms with van der Waals surface area (Å²) in [4.78, 5) is 0. The number of benzene rings is 1. The highest BCUT2D eigenvalue weighted by molar-refractivity contribution is 6.30. The molecule has 0 spiro atoms. The van der Waals surface area contributed by atoms with Gasteiger partial charge in [0.1, 0.15) is 5.75 Å². The average Bonchev–Trinajstić information content (AvgIpc) is 2.86. The van der Waals surface area contributed by atoms with Gasteiger partial charge in [-0.15, -0.1) is 0 Å². The smallest absolute Gasteiger partial charge is 0.142 e. The van der Waals surface area contributed by atoms with Crippen LogP contribution in [-0.2, 0) is 0 Å². The fraction of sp³-hybridized carbons (Fsp3) is 0.308. The first-order valence-electron chi connectivity index (χ1n) is 5.89. The van der Waals surface area contributed by atoms with Gasteiger partial charge in [0, 0.05) is 11.2 Å². The quantitative estimate of drug-likeness (QED) is 0.868. The zero-order valence-electron chi connectivity index (χ0n) is 10.4. The Kier molecular flexibility index (Phi) is 4.10. The Morgan fingerprint density at radius 1 is 1.44 bits per heavy atom. The van der Waals surface area contributed by atoms with Crippen molar-refractivity contribution in [1.29, 1.82) is 0 Å². The number of aromatic amines is 1. The number of halogens is 1. The van der Waals surface area contributed by atoms with Crippen LogP contribution < -0.4 is 10.1 Å². The lowest BCUT2D eigenvalue weighted by Crippen LogP contribution is -2.08. The molecular formula is C13H16ClN3O. The number of anilines is 1. The molecule has 1 unspecified atom stereocenters. The van der Waals surface area contributed by atoms with E-state index in [4.69, 9.17) is 16.3 Å². The predicted octanol–water partition coefficient (Wildman–Crippen LogP) is 3.63. The molecule has 0 aliphatic carbocycles. The van der Waals surface area contributed by atoms with Gasteiger partial charge in [0.05, 0.1) is 24.0 Å². The van der Waals surface area contributed by atoms with Crippen molar-refractivity contribution in [2.24, 2.45) is 0 Å². The standard InChI is InChI=1S/C13H16ClN3O/c1-3-18-13-5-4-10(14)8-12(13)16-9(2)11-6-7-15-17-11/h4-9,16H,3H2,1-2H3,(H,15,17). The van der Waals surface area contributed by atoms with E-state index < -0.39 is 0 Å². The highest BCUT2D eigenvalue weighted by atomic mass is 35.5. The molecule has 2 N–H and O–H groups in total. The Morgan fingerprint density at radius 3 is 2.94 bits per heavy atom. The molecule has 4 nitrogen and oxygen atoms in total. The van der Waals surface area contributed by atoms with Crippen LogP contribution in [0.2, 0.25) is 5.02 Å². The van der Waals surface area contributed by atoms with Crippen LogP contribution in [-0.4, -0.2) is 16.8 Å². The Balaban J connectivity index is 2.19. The molecule has 2 aromatic rings. The van der Waals surface area contributed by atoms with Gasteiger partial charge < -0.3 is 10.1 Å². The van der Waals surface area contributed by atoms with Gasteiger partial charge in [0.25, 0.3) is 0 Å². The van der Waals surface area contributed by atoms with Crippen molar-refractivity contribution in [3.05, 3.63) is 41.2 Å². The van der Waals surface area contributed by atoms with Crippen molar-refractivity contribution in [1.82, 2.24) is 10.2 Å². The Bertz CT molecular complexity index is 499. The topological polar surface area (TPSA) is 49.9 Å². The molecule has 1 aromatic heterocycles. The van der Waals surface area contributed by atoms with E-state index in [1.54, 1.807) is 6.20 Å². The summed E-state index contributed by atoms with van der Waals surface area (Å²) in [5.74, 6) is 0.799. The van der Waals surface area contributed by atoms with Gasteiger partial charge in [0.2, 0.25) is 0 Å². The molecule has 5 heteroatoms. The van der Waals surface area contributed by atoms with Gasteiger partial charge in [-0.25, -0.2) is 0 Å². The maximum Gasteiger partial charge on any atom is 0.142 e. The van der Waals surface area contributed by atoms with Crippen LogP contribution >= 0.6 is 11.6 Å². The Hall–Kier alpha value is -1.68. The van der Waals surface area contributed by atoms with E-state index in [1.165, 1.54) is 0 Å². The molecule has 96 valence electrons. The fourth-order valence-corrected chi connectivity index (χ4v) is 1.89. The first kappa shape index (κ1) is 12.8. The molecule has 0 bridgehead atoms. The van der Waals surface area contributed by atoms with Gasteiger partial charge in [-0.3, -0.25) is 5.10 Å². The van der Waals surface area contributed by atoms with Gasteiger partial charge in [-0.1, -0.05) is 11.6 Å². The van der Waals surface area contributed by atoms with Crippen LogP contribution in [0, 0.1) is 0 Å². The lowest BCUT2D eigenvalue weighted by Gasteiger charge is -2.17. The molecule has 0 saturated heterocycles. The first-order valence-corrected chi connectivity index (χ1v) is 6.26. The number of nitrogens with one attached hydrogen (secondary N) is 2. The van der Waals surface area contributed by atoms with Crippen molar-refractivity contribution >= 4 is 17.3 Å². The number of rotatable bonds is 5. The van der Waals surface area contributed by atoms with E-state index in [0.717, 1.165) is 17.1 Å². The molecule has 1 aromatic carbocycles. The summed E-state index contributed by atoms with van der Waals surface area (Å²) in [7, 11) is 0. The zero-order valence-corrected chi connectivity index (χ0v) is 11.2. The largest absolute Gasteiger partial charge is 0.492 e. The van der Waals surface area contributed by atoms with E-state index in [0.29, 0.717) is 11.6 Å². The normalized spacial score (nSPS) is 12.2. The highest BCUT2D eigenvalue weighted by Crippen LogP contribution is 2.30. The minimum Gasteiger partial charge on any atom is -0.492 e. The van der Waals surface area contributed by atoms with E-state index in [-0.39, 0.29) is 6.04 Å². The molecule has 18 heavy (non-hydrogen) atoms. The van der Waals surface area contributed by atoms with Crippen LogP contribution in [0.5, 0.6) is 5.75 Å². The summed E-state index contributed by atoms with van der Waals surface area (Å²) in [5.41, 5.74) is 1.89. The zero-order chi connectivity index (χ0) is 13.0. The van der Waals surface area contributed by atoms with Gasteiger partial charge in [0.15, 0.2) is 0 Å². The third kappa shape index (κ3) is 2.96. The molecular weight excluding hydrogens is 250 g/mol. The van der Waals surface area contributed by atoms with E-state index in [9.17, 15) is 0 Å². The van der Waals surface area contributed by atoms with E-state index >= 15 is 0 Å². The van der Waals surface area contributed by atoms with E-state index in [1.807, 2.05) is 38.1 Å². The summed E-state index contributed by atoms with van der Waals surface area (Å²) in [5, 5.41) is 10.9. The Morgan fingerprint density at radius 2 is 2.28 bits per heavy atom. The van der Waals surface area contributed by atoms with Crippen molar-refractivity contribution in [2.75, 3.05) is 11.9 Å². The molecule has 0 aliphatic heterocycles. The maximum absolute atomic E-state index is 6.01. The third-order valence-electron chi connectivity index (χ3n) is 2.60. The second-order valence-electron chi connectivity index (χ2n) is 3.95. The SMILES string of the molecule is CCOc1ccc(Cl)cc1NC(C)c1ccn[nH]1. The molecule has 0 amide bonds. The lowest BCUT2D eigenvalue weighted by molar-refractivity contribution is 0.341. The van der Waals surface area contributed by atoms with Gasteiger partial charge >= 0.3 is 0 Å². The second kappa shape index (κ2) is 5.78. The molecule has 1 heterocycles. The number of H-pyrrole nitrogens is 1. The Labute approximate surface area is 111 Å². The minimum absolute atomic E-state index is 0.102. The monoisotopic (exact) mass is 265 g/mol. The van der Waals surface area contributed by atoms with Crippen LogP contribution in [0.1, 0.15) is 25.6 Å². The van der Waals surface area contributed by atoms with Crippen LogP contribution in [0.3, 0.4) is 0 Å². The maximum atomic E-state index is 6.01. The summed E-state index contributed by atoms with van der Waals surface area (Å²) in [6, 6.07) is 7.58. The van der Waals surface area contributed by atoms with E-state index in [2.05, 4.69) is 15.5 Å². The first-order chi connectivity index (χ1) is 8.70. The minimum atomic E-state index is 0.102. The fourth-order valence-electron chi connectivity index (χ4n) is 1.72. The van der Waals surface area contributed by atoms with Crippen molar-refractivity contribution in [3.63, 3.8) is 0 Å². The average molecular weight is 266 g/mol. The number of hydrogen-bond donors (Lipinski definition) is 2. The molecule has 2 rings (SSSR count). The van der Waals surface area contributed by atoms with Crippen LogP contribution in [0.4, 0.5) is 5.69 Å². The highest BCUT2D eigenvalue weighted by Gasteiger charge is 2.10. The molecule has 0 saturated carbocycles. The van der Waals surface area contributed by atoms with Gasteiger partial charge in [-0.2, -0.15) is 5.10 Å². The molecule has 0 fully saturated rings. The second-order valence-corrected chi connectivity index (χ2v) is 4.39. The molecule has 0 aliphatic rings.